The van der Waals surface area contributed by atoms with Gasteiger partial charge in [0.1, 0.15) is 0 Å². The molecule has 0 aromatic heterocycles. The van der Waals surface area contributed by atoms with Crippen LogP contribution in [0.1, 0.15) is 54.4 Å². The first kappa shape index (κ1) is 19.3. The smallest absolute Gasteiger partial charge is 0.272 e. The quantitative estimate of drug-likeness (QED) is 0.602. The molecule has 0 saturated carbocycles. The first-order valence-electron chi connectivity index (χ1n) is 9.80. The number of amides is 2. The third-order valence-corrected chi connectivity index (χ3v) is 5.69. The van der Waals surface area contributed by atoms with Crippen molar-refractivity contribution >= 4 is 17.5 Å². The van der Waals surface area contributed by atoms with Gasteiger partial charge in [0.2, 0.25) is 5.91 Å². The van der Waals surface area contributed by atoms with E-state index in [9.17, 15) is 19.7 Å². The molecule has 3 rings (SSSR count). The Balaban J connectivity index is 1.58. The fourth-order valence-corrected chi connectivity index (χ4v) is 4.05. The van der Waals surface area contributed by atoms with Gasteiger partial charge in [0.25, 0.3) is 11.6 Å². The van der Waals surface area contributed by atoms with E-state index in [1.807, 2.05) is 4.90 Å². The molecule has 0 N–H and O–H groups in total. The highest BCUT2D eigenvalue weighted by molar-refractivity contribution is 5.95. The number of piperidine rings is 1. The van der Waals surface area contributed by atoms with Crippen LogP contribution in [0, 0.1) is 23.0 Å². The molecule has 0 unspecified atom stereocenters. The van der Waals surface area contributed by atoms with Gasteiger partial charge in [-0.25, -0.2) is 0 Å². The van der Waals surface area contributed by atoms with Crippen molar-refractivity contribution in [1.29, 1.82) is 0 Å². The summed E-state index contributed by atoms with van der Waals surface area (Å²) in [6.07, 6.45) is 5.95. The fourth-order valence-electron chi connectivity index (χ4n) is 4.05. The summed E-state index contributed by atoms with van der Waals surface area (Å²) in [5.41, 5.74) is 0.973. The van der Waals surface area contributed by atoms with E-state index in [0.717, 1.165) is 25.9 Å². The molecule has 7 nitrogen and oxygen atoms in total. The second-order valence-electron chi connectivity index (χ2n) is 7.56. The second kappa shape index (κ2) is 8.50. The molecule has 0 radical (unpaired) electrons. The SMILES string of the molecule is Cc1cc(C(=O)N2CCC(C(=O)N3CCCCCC3)CC2)ccc1[N+](=O)[O-]. The minimum absolute atomic E-state index is 0.00532. The van der Waals surface area contributed by atoms with Crippen molar-refractivity contribution in [3.05, 3.63) is 39.4 Å². The maximum absolute atomic E-state index is 12.8. The van der Waals surface area contributed by atoms with Gasteiger partial charge in [-0.05, 0) is 44.7 Å². The van der Waals surface area contributed by atoms with Gasteiger partial charge in [-0.15, -0.1) is 0 Å². The molecule has 0 spiro atoms. The maximum atomic E-state index is 12.8. The molecular weight excluding hydrogens is 346 g/mol. The van der Waals surface area contributed by atoms with Crippen LogP contribution in [0.15, 0.2) is 18.2 Å². The molecule has 0 atom stereocenters. The van der Waals surface area contributed by atoms with E-state index in [1.165, 1.54) is 25.0 Å². The predicted octanol–water partition coefficient (Wildman–Crippen LogP) is 3.16. The predicted molar refractivity (Wildman–Crippen MR) is 102 cm³/mol. The van der Waals surface area contributed by atoms with E-state index >= 15 is 0 Å². The number of hydrogen-bond donors (Lipinski definition) is 0. The zero-order valence-electron chi connectivity index (χ0n) is 15.9. The Labute approximate surface area is 159 Å². The van der Waals surface area contributed by atoms with Crippen LogP contribution < -0.4 is 0 Å². The van der Waals surface area contributed by atoms with Crippen LogP contribution in [0.2, 0.25) is 0 Å². The van der Waals surface area contributed by atoms with Gasteiger partial charge in [-0.2, -0.15) is 0 Å². The molecule has 2 amide bonds. The van der Waals surface area contributed by atoms with E-state index in [2.05, 4.69) is 0 Å². The maximum Gasteiger partial charge on any atom is 0.272 e. The Bertz CT molecular complexity index is 718. The normalized spacial score (nSPS) is 18.9. The Kier molecular flexibility index (Phi) is 6.08. The molecule has 2 aliphatic heterocycles. The summed E-state index contributed by atoms with van der Waals surface area (Å²) in [5, 5.41) is 10.9. The second-order valence-corrected chi connectivity index (χ2v) is 7.56. The van der Waals surface area contributed by atoms with Crippen molar-refractivity contribution in [2.24, 2.45) is 5.92 Å². The molecule has 2 heterocycles. The number of hydrogen-bond acceptors (Lipinski definition) is 4. The third kappa shape index (κ3) is 4.46. The zero-order valence-corrected chi connectivity index (χ0v) is 15.9. The molecule has 0 bridgehead atoms. The van der Waals surface area contributed by atoms with E-state index in [-0.39, 0.29) is 23.4 Å². The van der Waals surface area contributed by atoms with Gasteiger partial charge in [0.15, 0.2) is 0 Å². The van der Waals surface area contributed by atoms with Crippen molar-refractivity contribution in [1.82, 2.24) is 9.80 Å². The van der Waals surface area contributed by atoms with Crippen LogP contribution in [0.5, 0.6) is 0 Å². The Morgan fingerprint density at radius 3 is 2.19 bits per heavy atom. The summed E-state index contributed by atoms with van der Waals surface area (Å²) in [7, 11) is 0. The number of rotatable bonds is 3. The molecule has 2 fully saturated rings. The third-order valence-electron chi connectivity index (χ3n) is 5.69. The van der Waals surface area contributed by atoms with Gasteiger partial charge in [-0.1, -0.05) is 12.8 Å². The molecule has 1 aromatic carbocycles. The minimum atomic E-state index is -0.441. The minimum Gasteiger partial charge on any atom is -0.342 e. The number of benzene rings is 1. The number of likely N-dealkylation sites (tertiary alicyclic amines) is 2. The number of carbonyl (C=O) groups is 2. The van der Waals surface area contributed by atoms with Crippen LogP contribution in [0.4, 0.5) is 5.69 Å². The lowest BCUT2D eigenvalue weighted by atomic mass is 9.94. The average Bonchev–Trinajstić information content (AvgIpc) is 2.96. The molecule has 2 saturated heterocycles. The molecule has 2 aliphatic rings. The highest BCUT2D eigenvalue weighted by Crippen LogP contribution is 2.24. The first-order chi connectivity index (χ1) is 13.0. The average molecular weight is 373 g/mol. The van der Waals surface area contributed by atoms with Gasteiger partial charge in [-0.3, -0.25) is 19.7 Å². The topological polar surface area (TPSA) is 83.8 Å². The Morgan fingerprint density at radius 2 is 1.63 bits per heavy atom. The summed E-state index contributed by atoms with van der Waals surface area (Å²) in [6, 6.07) is 4.48. The number of aryl methyl sites for hydroxylation is 1. The van der Waals surface area contributed by atoms with E-state index in [4.69, 9.17) is 0 Å². The summed E-state index contributed by atoms with van der Waals surface area (Å²) < 4.78 is 0. The number of nitro benzene ring substituents is 1. The summed E-state index contributed by atoms with van der Waals surface area (Å²) in [4.78, 5) is 39.7. The molecule has 7 heteroatoms. The van der Waals surface area contributed by atoms with Crippen molar-refractivity contribution in [2.75, 3.05) is 26.2 Å². The van der Waals surface area contributed by atoms with Gasteiger partial charge in [0, 0.05) is 49.3 Å². The van der Waals surface area contributed by atoms with Gasteiger partial charge >= 0.3 is 0 Å². The molecule has 27 heavy (non-hydrogen) atoms. The number of nitro groups is 1. The number of nitrogens with zero attached hydrogens (tertiary/aromatic N) is 3. The van der Waals surface area contributed by atoms with Crippen molar-refractivity contribution in [3.63, 3.8) is 0 Å². The highest BCUT2D eigenvalue weighted by atomic mass is 16.6. The molecular formula is C20H27N3O4. The van der Waals surface area contributed by atoms with Crippen molar-refractivity contribution < 1.29 is 14.5 Å². The Hall–Kier alpha value is -2.44. The lowest BCUT2D eigenvalue weighted by Crippen LogP contribution is -2.44. The fraction of sp³-hybridized carbons (Fsp3) is 0.600. The van der Waals surface area contributed by atoms with Crippen LogP contribution in [0.3, 0.4) is 0 Å². The van der Waals surface area contributed by atoms with Crippen molar-refractivity contribution in [3.8, 4) is 0 Å². The molecule has 1 aromatic rings. The molecule has 0 aliphatic carbocycles. The Morgan fingerprint density at radius 1 is 1.00 bits per heavy atom. The summed E-state index contributed by atoms with van der Waals surface area (Å²) in [6.45, 7) is 4.47. The van der Waals surface area contributed by atoms with E-state index in [0.29, 0.717) is 37.1 Å². The lowest BCUT2D eigenvalue weighted by Gasteiger charge is -2.34. The number of carbonyl (C=O) groups excluding carboxylic acids is 2. The monoisotopic (exact) mass is 373 g/mol. The van der Waals surface area contributed by atoms with Crippen molar-refractivity contribution in [2.45, 2.75) is 45.4 Å². The van der Waals surface area contributed by atoms with Crippen LogP contribution >= 0.6 is 0 Å². The van der Waals surface area contributed by atoms with E-state index in [1.54, 1.807) is 17.9 Å². The van der Waals surface area contributed by atoms with Crippen LogP contribution in [-0.4, -0.2) is 52.7 Å². The zero-order chi connectivity index (χ0) is 19.4. The summed E-state index contributed by atoms with van der Waals surface area (Å²) >= 11 is 0. The standard InChI is InChI=1S/C20H27N3O4/c1-15-14-17(6-7-18(15)23(26)27)20(25)22-12-8-16(9-13-22)19(24)21-10-4-2-3-5-11-21/h6-7,14,16H,2-5,8-13H2,1H3. The summed E-state index contributed by atoms with van der Waals surface area (Å²) in [5.74, 6) is 0.134. The first-order valence-corrected chi connectivity index (χ1v) is 9.80. The van der Waals surface area contributed by atoms with Crippen LogP contribution in [-0.2, 0) is 4.79 Å². The van der Waals surface area contributed by atoms with Crippen LogP contribution in [0.25, 0.3) is 0 Å². The molecule has 146 valence electrons. The van der Waals surface area contributed by atoms with E-state index < -0.39 is 4.92 Å². The van der Waals surface area contributed by atoms with Gasteiger partial charge < -0.3 is 9.80 Å². The van der Waals surface area contributed by atoms with Gasteiger partial charge in [0.05, 0.1) is 4.92 Å². The largest absolute Gasteiger partial charge is 0.342 e. The lowest BCUT2D eigenvalue weighted by molar-refractivity contribution is -0.385. The highest BCUT2D eigenvalue weighted by Gasteiger charge is 2.31.